The predicted octanol–water partition coefficient (Wildman–Crippen LogP) is 0.484. The number of carbonyl (C=O) groups excluding carboxylic acids is 1. The van der Waals surface area contributed by atoms with Crippen molar-refractivity contribution >= 4 is 21.6 Å². The van der Waals surface area contributed by atoms with Crippen molar-refractivity contribution < 1.29 is 22.7 Å². The third-order valence-electron chi connectivity index (χ3n) is 2.78. The van der Waals surface area contributed by atoms with Crippen LogP contribution in [0.25, 0.3) is 0 Å². The van der Waals surface area contributed by atoms with Crippen molar-refractivity contribution in [3.8, 4) is 11.5 Å². The molecule has 0 unspecified atom stereocenters. The van der Waals surface area contributed by atoms with Crippen LogP contribution in [0.5, 0.6) is 11.5 Å². The van der Waals surface area contributed by atoms with E-state index in [9.17, 15) is 13.2 Å². The number of rotatable bonds is 6. The summed E-state index contributed by atoms with van der Waals surface area (Å²) in [5, 5.41) is 2.54. The molecule has 0 radical (unpaired) electrons. The summed E-state index contributed by atoms with van der Waals surface area (Å²) in [7, 11) is -3.61. The predicted molar refractivity (Wildman–Crippen MR) is 78.0 cm³/mol. The van der Waals surface area contributed by atoms with Gasteiger partial charge in [0.2, 0.25) is 22.7 Å². The maximum absolute atomic E-state index is 11.9. The van der Waals surface area contributed by atoms with Crippen molar-refractivity contribution in [3.05, 3.63) is 30.9 Å². The van der Waals surface area contributed by atoms with Gasteiger partial charge < -0.3 is 14.8 Å². The van der Waals surface area contributed by atoms with Gasteiger partial charge in [-0.15, -0.1) is 6.58 Å². The van der Waals surface area contributed by atoms with E-state index in [1.54, 1.807) is 12.1 Å². The highest BCUT2D eigenvalue weighted by molar-refractivity contribution is 7.92. The van der Waals surface area contributed by atoms with Gasteiger partial charge in [0.05, 0.1) is 11.9 Å². The lowest BCUT2D eigenvalue weighted by Gasteiger charge is -2.21. The van der Waals surface area contributed by atoms with Crippen LogP contribution in [-0.2, 0) is 14.8 Å². The second-order valence-electron chi connectivity index (χ2n) is 4.40. The van der Waals surface area contributed by atoms with Crippen molar-refractivity contribution in [1.82, 2.24) is 5.32 Å². The van der Waals surface area contributed by atoms with Gasteiger partial charge in [0, 0.05) is 12.6 Å². The number of amides is 1. The second kappa shape index (κ2) is 6.04. The Morgan fingerprint density at radius 2 is 2.14 bits per heavy atom. The summed E-state index contributed by atoms with van der Waals surface area (Å²) < 4.78 is 35.2. The monoisotopic (exact) mass is 312 g/mol. The van der Waals surface area contributed by atoms with Crippen molar-refractivity contribution in [2.75, 3.05) is 30.4 Å². The van der Waals surface area contributed by atoms with Gasteiger partial charge >= 0.3 is 0 Å². The van der Waals surface area contributed by atoms with Crippen LogP contribution in [0, 0.1) is 0 Å². The number of fused-ring (bicyclic) bond motifs is 1. The molecule has 1 aromatic rings. The molecule has 21 heavy (non-hydrogen) atoms. The number of ether oxygens (including phenoxy) is 2. The number of nitrogens with zero attached hydrogens (tertiary/aromatic N) is 1. The number of hydrogen-bond donors (Lipinski definition) is 1. The minimum absolute atomic E-state index is 0.0947. The van der Waals surface area contributed by atoms with Gasteiger partial charge in [0.15, 0.2) is 11.5 Å². The Hall–Kier alpha value is -2.22. The van der Waals surface area contributed by atoms with Gasteiger partial charge in [0.1, 0.15) is 6.54 Å². The lowest BCUT2D eigenvalue weighted by atomic mass is 10.3. The van der Waals surface area contributed by atoms with Crippen LogP contribution >= 0.6 is 0 Å². The Labute approximate surface area is 123 Å². The number of hydrogen-bond acceptors (Lipinski definition) is 5. The fourth-order valence-corrected chi connectivity index (χ4v) is 2.66. The largest absolute Gasteiger partial charge is 0.454 e. The van der Waals surface area contributed by atoms with E-state index in [2.05, 4.69) is 11.9 Å². The molecule has 2 rings (SSSR count). The lowest BCUT2D eigenvalue weighted by Crippen LogP contribution is -2.40. The van der Waals surface area contributed by atoms with Crippen molar-refractivity contribution in [2.24, 2.45) is 0 Å². The minimum atomic E-state index is -3.61. The maximum Gasteiger partial charge on any atom is 0.241 e. The maximum atomic E-state index is 11.9. The number of carbonyl (C=O) groups is 1. The first-order valence-electron chi connectivity index (χ1n) is 6.17. The summed E-state index contributed by atoms with van der Waals surface area (Å²) in [5.74, 6) is 0.578. The first-order valence-corrected chi connectivity index (χ1v) is 8.01. The third kappa shape index (κ3) is 3.66. The average Bonchev–Trinajstić information content (AvgIpc) is 2.88. The van der Waals surface area contributed by atoms with Crippen LogP contribution < -0.4 is 19.1 Å². The van der Waals surface area contributed by atoms with Gasteiger partial charge in [-0.25, -0.2) is 8.42 Å². The van der Waals surface area contributed by atoms with E-state index in [-0.39, 0.29) is 19.9 Å². The fourth-order valence-electron chi connectivity index (χ4n) is 1.81. The zero-order chi connectivity index (χ0) is 15.5. The number of sulfonamides is 1. The first-order chi connectivity index (χ1) is 9.91. The summed E-state index contributed by atoms with van der Waals surface area (Å²) >= 11 is 0. The average molecular weight is 312 g/mol. The van der Waals surface area contributed by atoms with E-state index in [4.69, 9.17) is 9.47 Å². The molecule has 0 bridgehead atoms. The number of benzene rings is 1. The zero-order valence-electron chi connectivity index (χ0n) is 11.5. The Morgan fingerprint density at radius 1 is 1.43 bits per heavy atom. The van der Waals surface area contributed by atoms with E-state index in [0.717, 1.165) is 10.6 Å². The number of nitrogens with one attached hydrogen (secondary N) is 1. The fraction of sp³-hybridized carbons (Fsp3) is 0.308. The van der Waals surface area contributed by atoms with Crippen molar-refractivity contribution in [1.29, 1.82) is 0 Å². The van der Waals surface area contributed by atoms with Gasteiger partial charge in [-0.2, -0.15) is 0 Å². The molecule has 1 aliphatic heterocycles. The quantitative estimate of drug-likeness (QED) is 0.773. The van der Waals surface area contributed by atoms with Crippen molar-refractivity contribution in [2.45, 2.75) is 0 Å². The molecule has 1 N–H and O–H groups in total. The van der Waals surface area contributed by atoms with E-state index in [1.165, 1.54) is 12.1 Å². The topological polar surface area (TPSA) is 84.9 Å². The summed E-state index contributed by atoms with van der Waals surface area (Å²) in [6.45, 7) is 3.54. The molecule has 0 aliphatic carbocycles. The Kier molecular flexibility index (Phi) is 4.37. The molecule has 1 aliphatic rings. The molecular formula is C13H16N2O5S. The highest BCUT2D eigenvalue weighted by atomic mass is 32.2. The van der Waals surface area contributed by atoms with Gasteiger partial charge in [-0.05, 0) is 12.1 Å². The summed E-state index contributed by atoms with van der Waals surface area (Å²) in [6, 6.07) is 4.71. The summed E-state index contributed by atoms with van der Waals surface area (Å²) in [4.78, 5) is 11.7. The van der Waals surface area contributed by atoms with Gasteiger partial charge in [-0.3, -0.25) is 9.10 Å². The molecule has 1 heterocycles. The van der Waals surface area contributed by atoms with Gasteiger partial charge in [0.25, 0.3) is 0 Å². The molecule has 0 fully saturated rings. The van der Waals surface area contributed by atoms with Crippen LogP contribution in [0.15, 0.2) is 30.9 Å². The Morgan fingerprint density at radius 3 is 2.81 bits per heavy atom. The second-order valence-corrected chi connectivity index (χ2v) is 6.31. The smallest absolute Gasteiger partial charge is 0.241 e. The molecule has 7 nitrogen and oxygen atoms in total. The molecular weight excluding hydrogens is 296 g/mol. The van der Waals surface area contributed by atoms with E-state index in [0.29, 0.717) is 17.2 Å². The summed E-state index contributed by atoms with van der Waals surface area (Å²) in [6.07, 6.45) is 2.56. The third-order valence-corrected chi connectivity index (χ3v) is 3.92. The molecule has 8 heteroatoms. The minimum Gasteiger partial charge on any atom is -0.454 e. The SMILES string of the molecule is C=CCNC(=O)CN(c1ccc2c(c1)OCO2)S(C)(=O)=O. The Bertz CT molecular complexity index is 657. The van der Waals surface area contributed by atoms with E-state index < -0.39 is 15.9 Å². The molecule has 0 saturated heterocycles. The van der Waals surface area contributed by atoms with E-state index in [1.807, 2.05) is 0 Å². The van der Waals surface area contributed by atoms with Crippen LogP contribution in [0.3, 0.4) is 0 Å². The standard InChI is InChI=1S/C13H16N2O5S/c1-3-6-14-13(16)8-15(21(2,17)18)10-4-5-11-12(7-10)20-9-19-11/h3-5,7H,1,6,8-9H2,2H3,(H,14,16). The molecule has 0 spiro atoms. The molecule has 0 saturated carbocycles. The molecule has 1 amide bonds. The van der Waals surface area contributed by atoms with Crippen LogP contribution in [0.1, 0.15) is 0 Å². The molecule has 114 valence electrons. The Balaban J connectivity index is 2.24. The summed E-state index contributed by atoms with van der Waals surface area (Å²) in [5.41, 5.74) is 0.343. The normalized spacial score (nSPS) is 12.8. The highest BCUT2D eigenvalue weighted by Gasteiger charge is 2.23. The van der Waals surface area contributed by atoms with Crippen LogP contribution in [0.4, 0.5) is 5.69 Å². The van der Waals surface area contributed by atoms with Crippen LogP contribution in [0.2, 0.25) is 0 Å². The highest BCUT2D eigenvalue weighted by Crippen LogP contribution is 2.35. The first kappa shape index (κ1) is 15.2. The van der Waals surface area contributed by atoms with Crippen LogP contribution in [-0.4, -0.2) is 40.5 Å². The zero-order valence-corrected chi connectivity index (χ0v) is 12.4. The van der Waals surface area contributed by atoms with Crippen molar-refractivity contribution in [3.63, 3.8) is 0 Å². The van der Waals surface area contributed by atoms with E-state index >= 15 is 0 Å². The van der Waals surface area contributed by atoms with Gasteiger partial charge in [-0.1, -0.05) is 6.08 Å². The molecule has 1 aromatic carbocycles. The molecule has 0 atom stereocenters. The molecule has 0 aromatic heterocycles. The number of anilines is 1. The lowest BCUT2D eigenvalue weighted by molar-refractivity contribution is -0.119.